The average Bonchev–Trinajstić information content (AvgIpc) is 3.34. The van der Waals surface area contributed by atoms with Crippen molar-refractivity contribution in [2.75, 3.05) is 26.2 Å². The second kappa shape index (κ2) is 10.1. The molecule has 3 atom stereocenters. The van der Waals surface area contributed by atoms with Crippen molar-refractivity contribution in [2.45, 2.75) is 39.5 Å². The van der Waals surface area contributed by atoms with Gasteiger partial charge in [-0.05, 0) is 41.5 Å². The highest BCUT2D eigenvalue weighted by Gasteiger charge is 2.48. The second-order valence-corrected chi connectivity index (χ2v) is 10.0. The molecule has 0 saturated carbocycles. The summed E-state index contributed by atoms with van der Waals surface area (Å²) in [7, 11) is 0. The number of carboxylic acids is 1. The highest BCUT2D eigenvalue weighted by molar-refractivity contribution is 5.83. The Kier molecular flexibility index (Phi) is 7.15. The molecule has 35 heavy (non-hydrogen) atoms. The predicted octanol–water partition coefficient (Wildman–Crippen LogP) is 4.51. The number of nitrogens with one attached hydrogen (secondary N) is 1. The number of aliphatic carboxylic acids is 1. The van der Waals surface area contributed by atoms with E-state index in [-0.39, 0.29) is 37.4 Å². The van der Waals surface area contributed by atoms with Crippen LogP contribution in [0.2, 0.25) is 0 Å². The molecule has 2 aromatic carbocycles. The molecule has 186 valence electrons. The number of nitrogens with zero attached hydrogens (tertiary/aromatic N) is 1. The van der Waals surface area contributed by atoms with Gasteiger partial charge in [0.2, 0.25) is 5.91 Å². The Morgan fingerprint density at radius 1 is 1.11 bits per heavy atom. The number of rotatable bonds is 8. The number of carbonyl (C=O) groups excluding carboxylic acids is 2. The summed E-state index contributed by atoms with van der Waals surface area (Å²) in [6, 6.07) is 16.3. The highest BCUT2D eigenvalue weighted by Crippen LogP contribution is 2.44. The minimum absolute atomic E-state index is 0.0268. The predicted molar refractivity (Wildman–Crippen MR) is 133 cm³/mol. The number of carboxylic acid groups (broad SMARTS) is 1. The number of hydrogen-bond acceptors (Lipinski definition) is 4. The van der Waals surface area contributed by atoms with Crippen LogP contribution in [0, 0.1) is 17.3 Å². The monoisotopic (exact) mass is 478 g/mol. The summed E-state index contributed by atoms with van der Waals surface area (Å²) in [5.74, 6) is -1.57. The maximum atomic E-state index is 13.2. The number of alkyl carbamates (subject to hydrolysis) is 1. The standard InChI is InChI=1S/C28H34N2O5/c1-4-9-19(25(31)30-15-18(2)28(3,17-30)26(32)33)14-29-27(34)35-16-24-22-12-7-5-10-20(22)21-11-6-8-13-23(21)24/h5-8,10-13,18-19,24H,4,9,14-17H2,1-3H3,(H,29,34)(H,32,33)/t18-,19?,28-/m1/s1. The van der Waals surface area contributed by atoms with E-state index in [0.29, 0.717) is 13.0 Å². The lowest BCUT2D eigenvalue weighted by atomic mass is 9.81. The Morgan fingerprint density at radius 3 is 2.26 bits per heavy atom. The summed E-state index contributed by atoms with van der Waals surface area (Å²) in [5, 5.41) is 12.4. The third kappa shape index (κ3) is 4.77. The molecule has 0 bridgehead atoms. The van der Waals surface area contributed by atoms with Gasteiger partial charge in [0.1, 0.15) is 6.61 Å². The summed E-state index contributed by atoms with van der Waals surface area (Å²) < 4.78 is 5.60. The molecule has 7 nitrogen and oxygen atoms in total. The Balaban J connectivity index is 1.35. The van der Waals surface area contributed by atoms with E-state index in [2.05, 4.69) is 29.6 Å². The number of amides is 2. The van der Waals surface area contributed by atoms with Gasteiger partial charge >= 0.3 is 12.1 Å². The fourth-order valence-corrected chi connectivity index (χ4v) is 5.37. The maximum absolute atomic E-state index is 13.2. The van der Waals surface area contributed by atoms with Gasteiger partial charge in [-0.15, -0.1) is 0 Å². The fraction of sp³-hybridized carbons (Fsp3) is 0.464. The summed E-state index contributed by atoms with van der Waals surface area (Å²) >= 11 is 0. The van der Waals surface area contributed by atoms with Crippen molar-refractivity contribution < 1.29 is 24.2 Å². The Bertz CT molecular complexity index is 1070. The molecule has 1 fully saturated rings. The first kappa shape index (κ1) is 24.8. The minimum atomic E-state index is -0.952. The van der Waals surface area contributed by atoms with Crippen molar-refractivity contribution in [3.8, 4) is 11.1 Å². The van der Waals surface area contributed by atoms with Crippen molar-refractivity contribution in [3.63, 3.8) is 0 Å². The van der Waals surface area contributed by atoms with Gasteiger partial charge in [0.25, 0.3) is 0 Å². The van der Waals surface area contributed by atoms with Crippen molar-refractivity contribution in [1.82, 2.24) is 10.2 Å². The molecule has 1 saturated heterocycles. The summed E-state index contributed by atoms with van der Waals surface area (Å²) in [5.41, 5.74) is 3.67. The topological polar surface area (TPSA) is 95.9 Å². The van der Waals surface area contributed by atoms with Crippen LogP contribution in [0.1, 0.15) is 50.7 Å². The maximum Gasteiger partial charge on any atom is 0.407 e. The third-order valence-corrected chi connectivity index (χ3v) is 7.72. The van der Waals surface area contributed by atoms with Gasteiger partial charge in [-0.25, -0.2) is 4.79 Å². The molecule has 2 aliphatic rings. The van der Waals surface area contributed by atoms with Crippen LogP contribution in [-0.2, 0) is 14.3 Å². The van der Waals surface area contributed by atoms with Crippen LogP contribution < -0.4 is 5.32 Å². The van der Waals surface area contributed by atoms with Gasteiger partial charge in [-0.2, -0.15) is 0 Å². The van der Waals surface area contributed by atoms with Gasteiger partial charge < -0.3 is 20.1 Å². The zero-order chi connectivity index (χ0) is 25.2. The zero-order valence-corrected chi connectivity index (χ0v) is 20.6. The molecule has 1 unspecified atom stereocenters. The lowest BCUT2D eigenvalue weighted by Gasteiger charge is -2.25. The molecule has 0 radical (unpaired) electrons. The van der Waals surface area contributed by atoms with Crippen molar-refractivity contribution in [3.05, 3.63) is 59.7 Å². The molecule has 1 aliphatic heterocycles. The number of carbonyl (C=O) groups is 3. The summed E-state index contributed by atoms with van der Waals surface area (Å²) in [6.07, 6.45) is 0.838. The number of fused-ring (bicyclic) bond motifs is 3. The quantitative estimate of drug-likeness (QED) is 0.582. The van der Waals surface area contributed by atoms with E-state index in [1.807, 2.05) is 38.1 Å². The van der Waals surface area contributed by atoms with E-state index >= 15 is 0 Å². The third-order valence-electron chi connectivity index (χ3n) is 7.72. The molecule has 1 heterocycles. The molecular weight excluding hydrogens is 444 g/mol. The van der Waals surface area contributed by atoms with Crippen LogP contribution in [0.25, 0.3) is 11.1 Å². The van der Waals surface area contributed by atoms with Crippen LogP contribution >= 0.6 is 0 Å². The summed E-state index contributed by atoms with van der Waals surface area (Å²) in [4.78, 5) is 39.1. The van der Waals surface area contributed by atoms with E-state index in [1.165, 1.54) is 11.1 Å². The SMILES string of the molecule is CCCC(CNC(=O)OCC1c2ccccc2-c2ccccc21)C(=O)N1C[C@@H](C)[C@](C)(C(=O)O)C1. The van der Waals surface area contributed by atoms with Crippen LogP contribution in [0.15, 0.2) is 48.5 Å². The second-order valence-electron chi connectivity index (χ2n) is 10.0. The van der Waals surface area contributed by atoms with E-state index in [4.69, 9.17) is 4.74 Å². The first-order valence-corrected chi connectivity index (χ1v) is 12.4. The van der Waals surface area contributed by atoms with Gasteiger partial charge in [-0.3, -0.25) is 9.59 Å². The minimum Gasteiger partial charge on any atom is -0.481 e. The van der Waals surface area contributed by atoms with Crippen LogP contribution in [0.5, 0.6) is 0 Å². The zero-order valence-electron chi connectivity index (χ0n) is 20.6. The molecule has 2 N–H and O–H groups in total. The number of likely N-dealkylation sites (tertiary alicyclic amines) is 1. The molecule has 0 spiro atoms. The molecule has 2 amide bonds. The van der Waals surface area contributed by atoms with Gasteiger partial charge in [0.05, 0.1) is 11.3 Å². The average molecular weight is 479 g/mol. The molecule has 7 heteroatoms. The van der Waals surface area contributed by atoms with Gasteiger partial charge in [0.15, 0.2) is 0 Å². The largest absolute Gasteiger partial charge is 0.481 e. The van der Waals surface area contributed by atoms with E-state index in [1.54, 1.807) is 11.8 Å². The first-order chi connectivity index (χ1) is 16.8. The Labute approximate surface area is 206 Å². The molecule has 0 aromatic heterocycles. The fourth-order valence-electron chi connectivity index (χ4n) is 5.37. The van der Waals surface area contributed by atoms with Gasteiger partial charge in [-0.1, -0.05) is 68.8 Å². The van der Waals surface area contributed by atoms with Crippen molar-refractivity contribution in [1.29, 1.82) is 0 Å². The number of hydrogen-bond donors (Lipinski definition) is 2. The Morgan fingerprint density at radius 2 is 1.71 bits per heavy atom. The first-order valence-electron chi connectivity index (χ1n) is 12.4. The van der Waals surface area contributed by atoms with Gasteiger partial charge in [0, 0.05) is 25.6 Å². The van der Waals surface area contributed by atoms with E-state index in [0.717, 1.165) is 17.5 Å². The smallest absolute Gasteiger partial charge is 0.407 e. The van der Waals surface area contributed by atoms with E-state index < -0.39 is 23.4 Å². The molecule has 4 rings (SSSR count). The molecule has 2 aromatic rings. The summed E-state index contributed by atoms with van der Waals surface area (Å²) in [6.45, 7) is 6.52. The van der Waals surface area contributed by atoms with Crippen molar-refractivity contribution in [2.24, 2.45) is 17.3 Å². The van der Waals surface area contributed by atoms with Crippen LogP contribution in [0.4, 0.5) is 4.79 Å². The number of ether oxygens (including phenoxy) is 1. The van der Waals surface area contributed by atoms with Crippen LogP contribution in [0.3, 0.4) is 0 Å². The normalized spacial score (nSPS) is 21.8. The lowest BCUT2D eigenvalue weighted by molar-refractivity contribution is -0.149. The van der Waals surface area contributed by atoms with Crippen LogP contribution in [-0.4, -0.2) is 54.2 Å². The number of benzene rings is 2. The Hall–Kier alpha value is -3.35. The lowest BCUT2D eigenvalue weighted by Crippen LogP contribution is -2.42. The molecular formula is C28H34N2O5. The van der Waals surface area contributed by atoms with Crippen molar-refractivity contribution >= 4 is 18.0 Å². The van der Waals surface area contributed by atoms with E-state index in [9.17, 15) is 19.5 Å². The molecule has 1 aliphatic carbocycles. The highest BCUT2D eigenvalue weighted by atomic mass is 16.5.